The number of hydrogen-bond acceptors (Lipinski definition) is 6. The fourth-order valence-electron chi connectivity index (χ4n) is 2.05. The molecule has 0 aliphatic heterocycles. The van der Waals surface area contributed by atoms with E-state index < -0.39 is 12.0 Å². The number of nitrogens with two attached hydrogens (primary N) is 1. The van der Waals surface area contributed by atoms with Crippen LogP contribution in [0.2, 0.25) is 0 Å². The van der Waals surface area contributed by atoms with E-state index in [1.54, 1.807) is 12.1 Å². The van der Waals surface area contributed by atoms with Gasteiger partial charge in [-0.25, -0.2) is 9.59 Å². The van der Waals surface area contributed by atoms with Gasteiger partial charge in [0.25, 0.3) is 5.89 Å². The minimum absolute atomic E-state index is 0.139. The van der Waals surface area contributed by atoms with Gasteiger partial charge in [0, 0.05) is 11.3 Å². The van der Waals surface area contributed by atoms with Gasteiger partial charge in [-0.1, -0.05) is 18.2 Å². The maximum Gasteiger partial charge on any atom is 0.338 e. The lowest BCUT2D eigenvalue weighted by atomic mass is 10.2. The fraction of sp³-hybridized carbons (Fsp3) is 0.0588. The molecule has 0 aliphatic carbocycles. The zero-order valence-electron chi connectivity index (χ0n) is 13.0. The molecule has 0 atom stereocenters. The molecule has 0 saturated carbocycles. The Bertz CT molecular complexity index is 875. The maximum absolute atomic E-state index is 12.0. The standard InChI is InChI=1S/C17H14N4O4/c18-17(23)19-13-8-6-12(7-9-13)16(22)24-10-14-20-21-15(25-14)11-4-2-1-3-5-11/h1-9H,10H2,(H3,18,19,23). The molecule has 8 heteroatoms. The quantitative estimate of drug-likeness (QED) is 0.690. The molecule has 2 aromatic carbocycles. The molecule has 3 N–H and O–H groups in total. The third-order valence-electron chi connectivity index (χ3n) is 3.20. The topological polar surface area (TPSA) is 120 Å². The summed E-state index contributed by atoms with van der Waals surface area (Å²) in [5.74, 6) is -0.00201. The molecule has 0 fully saturated rings. The maximum atomic E-state index is 12.0. The zero-order valence-corrected chi connectivity index (χ0v) is 13.0. The highest BCUT2D eigenvalue weighted by atomic mass is 16.5. The molecule has 126 valence electrons. The van der Waals surface area contributed by atoms with E-state index in [0.717, 1.165) is 5.56 Å². The van der Waals surface area contributed by atoms with Crippen LogP contribution in [0, 0.1) is 0 Å². The number of ether oxygens (including phenoxy) is 1. The van der Waals surface area contributed by atoms with Gasteiger partial charge in [0.1, 0.15) is 0 Å². The van der Waals surface area contributed by atoms with E-state index in [0.29, 0.717) is 17.1 Å². The molecule has 2 amide bonds. The second-order valence-corrected chi connectivity index (χ2v) is 5.01. The number of primary amides is 1. The number of aromatic nitrogens is 2. The highest BCUT2D eigenvalue weighted by Crippen LogP contribution is 2.17. The summed E-state index contributed by atoms with van der Waals surface area (Å²) < 4.78 is 10.6. The van der Waals surface area contributed by atoms with Crippen LogP contribution in [0.25, 0.3) is 11.5 Å². The average molecular weight is 338 g/mol. The Morgan fingerprint density at radius 2 is 1.76 bits per heavy atom. The summed E-state index contributed by atoms with van der Waals surface area (Å²) in [5.41, 5.74) is 6.59. The van der Waals surface area contributed by atoms with Gasteiger partial charge in [0.05, 0.1) is 5.56 Å². The SMILES string of the molecule is NC(=O)Nc1ccc(C(=O)OCc2nnc(-c3ccccc3)o2)cc1. The third kappa shape index (κ3) is 4.20. The largest absolute Gasteiger partial charge is 0.452 e. The number of esters is 1. The van der Waals surface area contributed by atoms with Crippen molar-refractivity contribution in [3.05, 3.63) is 66.1 Å². The first-order valence-electron chi connectivity index (χ1n) is 7.33. The van der Waals surface area contributed by atoms with Crippen molar-refractivity contribution < 1.29 is 18.7 Å². The molecule has 1 heterocycles. The lowest BCUT2D eigenvalue weighted by Gasteiger charge is -2.04. The van der Waals surface area contributed by atoms with Gasteiger partial charge in [0.15, 0.2) is 6.61 Å². The van der Waals surface area contributed by atoms with Gasteiger partial charge >= 0.3 is 12.0 Å². The summed E-state index contributed by atoms with van der Waals surface area (Å²) in [6, 6.07) is 14.7. The van der Waals surface area contributed by atoms with Crippen molar-refractivity contribution in [2.45, 2.75) is 6.61 Å². The first-order valence-corrected chi connectivity index (χ1v) is 7.33. The van der Waals surface area contributed by atoms with Crippen molar-refractivity contribution in [1.82, 2.24) is 10.2 Å². The molecule has 0 spiro atoms. The Balaban J connectivity index is 1.59. The van der Waals surface area contributed by atoms with Crippen LogP contribution in [0.1, 0.15) is 16.2 Å². The number of hydrogen-bond donors (Lipinski definition) is 2. The Morgan fingerprint density at radius 1 is 1.04 bits per heavy atom. The molecule has 0 bridgehead atoms. The third-order valence-corrected chi connectivity index (χ3v) is 3.20. The predicted octanol–water partition coefficient (Wildman–Crippen LogP) is 2.58. The van der Waals surface area contributed by atoms with E-state index in [9.17, 15) is 9.59 Å². The molecular formula is C17H14N4O4. The van der Waals surface area contributed by atoms with Crippen molar-refractivity contribution in [3.8, 4) is 11.5 Å². The van der Waals surface area contributed by atoms with E-state index in [1.165, 1.54) is 12.1 Å². The predicted molar refractivity (Wildman–Crippen MR) is 88.5 cm³/mol. The fourth-order valence-corrected chi connectivity index (χ4v) is 2.05. The lowest BCUT2D eigenvalue weighted by Crippen LogP contribution is -2.19. The van der Waals surface area contributed by atoms with Crippen molar-refractivity contribution in [3.63, 3.8) is 0 Å². The highest BCUT2D eigenvalue weighted by molar-refractivity contribution is 5.91. The van der Waals surface area contributed by atoms with Crippen LogP contribution in [0.15, 0.2) is 59.0 Å². The molecule has 8 nitrogen and oxygen atoms in total. The number of urea groups is 1. The number of nitrogens with zero attached hydrogens (tertiary/aromatic N) is 2. The van der Waals surface area contributed by atoms with Crippen LogP contribution in [0.3, 0.4) is 0 Å². The summed E-state index contributed by atoms with van der Waals surface area (Å²) >= 11 is 0. The molecular weight excluding hydrogens is 324 g/mol. The summed E-state index contributed by atoms with van der Waals surface area (Å²) in [6.45, 7) is -0.139. The van der Waals surface area contributed by atoms with Crippen molar-refractivity contribution in [2.75, 3.05) is 5.32 Å². The van der Waals surface area contributed by atoms with Gasteiger partial charge in [-0.3, -0.25) is 0 Å². The van der Waals surface area contributed by atoms with Crippen LogP contribution >= 0.6 is 0 Å². The van der Waals surface area contributed by atoms with Gasteiger partial charge in [-0.2, -0.15) is 0 Å². The molecule has 25 heavy (non-hydrogen) atoms. The summed E-state index contributed by atoms with van der Waals surface area (Å²) in [5, 5.41) is 10.2. The number of amides is 2. The number of anilines is 1. The zero-order chi connectivity index (χ0) is 17.6. The number of rotatable bonds is 5. The van der Waals surface area contributed by atoms with Crippen LogP contribution in [-0.4, -0.2) is 22.2 Å². The van der Waals surface area contributed by atoms with E-state index in [2.05, 4.69) is 15.5 Å². The first kappa shape index (κ1) is 16.2. The lowest BCUT2D eigenvalue weighted by molar-refractivity contribution is 0.0438. The van der Waals surface area contributed by atoms with E-state index >= 15 is 0 Å². The highest BCUT2D eigenvalue weighted by Gasteiger charge is 2.12. The summed E-state index contributed by atoms with van der Waals surface area (Å²) in [6.07, 6.45) is 0. The smallest absolute Gasteiger partial charge is 0.338 e. The summed E-state index contributed by atoms with van der Waals surface area (Å²) in [7, 11) is 0. The van der Waals surface area contributed by atoms with Crippen LogP contribution < -0.4 is 11.1 Å². The normalized spacial score (nSPS) is 10.2. The van der Waals surface area contributed by atoms with Crippen molar-refractivity contribution >= 4 is 17.7 Å². The van der Waals surface area contributed by atoms with E-state index in [4.69, 9.17) is 14.9 Å². The van der Waals surface area contributed by atoms with Crippen LogP contribution in [-0.2, 0) is 11.3 Å². The minimum atomic E-state index is -0.680. The molecule has 0 unspecified atom stereocenters. The number of carbonyl (C=O) groups excluding carboxylic acids is 2. The molecule has 0 radical (unpaired) electrons. The van der Waals surface area contributed by atoms with Crippen LogP contribution in [0.4, 0.5) is 10.5 Å². The molecule has 1 aromatic heterocycles. The van der Waals surface area contributed by atoms with E-state index in [1.807, 2.05) is 30.3 Å². The van der Waals surface area contributed by atoms with Crippen LogP contribution in [0.5, 0.6) is 0 Å². The van der Waals surface area contributed by atoms with Crippen molar-refractivity contribution in [1.29, 1.82) is 0 Å². The summed E-state index contributed by atoms with van der Waals surface area (Å²) in [4.78, 5) is 22.8. The number of nitrogens with one attached hydrogen (secondary N) is 1. The Hall–Kier alpha value is -3.68. The number of benzene rings is 2. The van der Waals surface area contributed by atoms with Gasteiger partial charge < -0.3 is 20.2 Å². The minimum Gasteiger partial charge on any atom is -0.452 e. The van der Waals surface area contributed by atoms with E-state index in [-0.39, 0.29) is 12.5 Å². The van der Waals surface area contributed by atoms with Gasteiger partial charge in [0.2, 0.25) is 5.89 Å². The second kappa shape index (κ2) is 7.26. The second-order valence-electron chi connectivity index (χ2n) is 5.01. The average Bonchev–Trinajstić information content (AvgIpc) is 3.10. The first-order chi connectivity index (χ1) is 12.1. The monoisotopic (exact) mass is 338 g/mol. The van der Waals surface area contributed by atoms with Gasteiger partial charge in [-0.05, 0) is 36.4 Å². The molecule has 3 aromatic rings. The Morgan fingerprint density at radius 3 is 2.44 bits per heavy atom. The number of carbonyl (C=O) groups is 2. The van der Waals surface area contributed by atoms with Crippen molar-refractivity contribution in [2.24, 2.45) is 5.73 Å². The van der Waals surface area contributed by atoms with Gasteiger partial charge in [-0.15, -0.1) is 10.2 Å². The molecule has 0 saturated heterocycles. The Kier molecular flexibility index (Phi) is 4.70. The Labute approximate surface area is 142 Å². The molecule has 0 aliphatic rings. The molecule has 3 rings (SSSR count).